The molecule has 1 unspecified atom stereocenters. The molecule has 0 amide bonds. The lowest BCUT2D eigenvalue weighted by Crippen LogP contribution is -2.10. The summed E-state index contributed by atoms with van der Waals surface area (Å²) in [6.07, 6.45) is 2.50. The Bertz CT molecular complexity index is 463. The van der Waals surface area contributed by atoms with Crippen LogP contribution in [-0.4, -0.2) is 15.1 Å². The number of hydrogen-bond acceptors (Lipinski definition) is 5. The molecule has 0 spiro atoms. The first-order chi connectivity index (χ1) is 7.70. The van der Waals surface area contributed by atoms with Crippen LogP contribution in [0, 0.1) is 6.92 Å². The van der Waals surface area contributed by atoms with Crippen molar-refractivity contribution < 1.29 is 4.52 Å². The van der Waals surface area contributed by atoms with E-state index in [9.17, 15) is 0 Å². The van der Waals surface area contributed by atoms with Gasteiger partial charge in [0.15, 0.2) is 5.82 Å². The Hall–Kier alpha value is -1.75. The van der Waals surface area contributed by atoms with E-state index in [2.05, 4.69) is 15.1 Å². The minimum atomic E-state index is -0.170. The van der Waals surface area contributed by atoms with Crippen LogP contribution in [0.5, 0.6) is 0 Å². The zero-order chi connectivity index (χ0) is 11.5. The van der Waals surface area contributed by atoms with Crippen LogP contribution in [0.2, 0.25) is 0 Å². The minimum absolute atomic E-state index is 0.170. The van der Waals surface area contributed by atoms with Gasteiger partial charge in [0, 0.05) is 11.9 Å². The standard InChI is InChI=1S/C11H14N4O/c1-3-9(12)10-14-11(16-15-10)8-5-4-7(2)13-6-8/h4-6,9H,3,12H2,1-2H3. The van der Waals surface area contributed by atoms with E-state index in [0.29, 0.717) is 11.7 Å². The molecule has 0 aliphatic heterocycles. The quantitative estimate of drug-likeness (QED) is 0.850. The van der Waals surface area contributed by atoms with Crippen LogP contribution in [0.15, 0.2) is 22.9 Å². The number of nitrogens with two attached hydrogens (primary N) is 1. The molecule has 0 aliphatic carbocycles. The molecule has 0 saturated heterocycles. The third-order valence-electron chi connectivity index (χ3n) is 2.37. The van der Waals surface area contributed by atoms with Crippen LogP contribution in [0.3, 0.4) is 0 Å². The third kappa shape index (κ3) is 2.09. The van der Waals surface area contributed by atoms with Crippen molar-refractivity contribution in [2.24, 2.45) is 5.73 Å². The van der Waals surface area contributed by atoms with Gasteiger partial charge in [-0.15, -0.1) is 0 Å². The zero-order valence-corrected chi connectivity index (χ0v) is 9.34. The van der Waals surface area contributed by atoms with Crippen LogP contribution in [0.4, 0.5) is 0 Å². The second-order valence-corrected chi connectivity index (χ2v) is 3.66. The lowest BCUT2D eigenvalue weighted by Gasteiger charge is -1.99. The average Bonchev–Trinajstić information content (AvgIpc) is 2.78. The van der Waals surface area contributed by atoms with E-state index < -0.39 is 0 Å². The maximum absolute atomic E-state index is 5.81. The number of aromatic nitrogens is 3. The average molecular weight is 218 g/mol. The normalized spacial score (nSPS) is 12.7. The van der Waals surface area contributed by atoms with Gasteiger partial charge in [0.05, 0.1) is 11.6 Å². The first kappa shape index (κ1) is 10.8. The molecule has 5 heteroatoms. The van der Waals surface area contributed by atoms with Gasteiger partial charge in [0.1, 0.15) is 0 Å². The van der Waals surface area contributed by atoms with Gasteiger partial charge < -0.3 is 10.3 Å². The number of rotatable bonds is 3. The van der Waals surface area contributed by atoms with E-state index in [1.54, 1.807) is 6.20 Å². The Kier molecular flexibility index (Phi) is 2.96. The Balaban J connectivity index is 2.28. The molecule has 2 aromatic rings. The molecule has 5 nitrogen and oxygen atoms in total. The third-order valence-corrected chi connectivity index (χ3v) is 2.37. The van der Waals surface area contributed by atoms with Crippen molar-refractivity contribution in [1.29, 1.82) is 0 Å². The van der Waals surface area contributed by atoms with E-state index in [1.165, 1.54) is 0 Å². The Morgan fingerprint density at radius 1 is 1.44 bits per heavy atom. The molecule has 2 N–H and O–H groups in total. The van der Waals surface area contributed by atoms with Crippen molar-refractivity contribution in [1.82, 2.24) is 15.1 Å². The molecule has 2 rings (SSSR count). The van der Waals surface area contributed by atoms with Gasteiger partial charge in [-0.2, -0.15) is 4.98 Å². The predicted octanol–water partition coefficient (Wildman–Crippen LogP) is 1.85. The Morgan fingerprint density at radius 2 is 2.25 bits per heavy atom. The molecule has 2 heterocycles. The zero-order valence-electron chi connectivity index (χ0n) is 9.34. The number of aryl methyl sites for hydroxylation is 1. The summed E-state index contributed by atoms with van der Waals surface area (Å²) < 4.78 is 5.13. The van der Waals surface area contributed by atoms with Crippen LogP contribution in [0.1, 0.15) is 30.9 Å². The van der Waals surface area contributed by atoms with Crippen molar-refractivity contribution >= 4 is 0 Å². The molecular formula is C11H14N4O. The largest absolute Gasteiger partial charge is 0.334 e. The summed E-state index contributed by atoms with van der Waals surface area (Å²) in [7, 11) is 0. The molecule has 1 atom stereocenters. The summed E-state index contributed by atoms with van der Waals surface area (Å²) in [5.74, 6) is 1.00. The summed E-state index contributed by atoms with van der Waals surface area (Å²) in [6.45, 7) is 3.91. The fourth-order valence-electron chi connectivity index (χ4n) is 1.28. The lowest BCUT2D eigenvalue weighted by molar-refractivity contribution is 0.415. The highest BCUT2D eigenvalue weighted by molar-refractivity contribution is 5.50. The lowest BCUT2D eigenvalue weighted by atomic mass is 10.2. The molecule has 0 aromatic carbocycles. The van der Waals surface area contributed by atoms with Crippen molar-refractivity contribution in [3.05, 3.63) is 29.8 Å². The summed E-state index contributed by atoms with van der Waals surface area (Å²) in [6, 6.07) is 3.63. The fraction of sp³-hybridized carbons (Fsp3) is 0.364. The van der Waals surface area contributed by atoms with E-state index >= 15 is 0 Å². The highest BCUT2D eigenvalue weighted by Gasteiger charge is 2.13. The van der Waals surface area contributed by atoms with Crippen molar-refractivity contribution in [3.8, 4) is 11.5 Å². The maximum Gasteiger partial charge on any atom is 0.259 e. The molecule has 0 aliphatic rings. The highest BCUT2D eigenvalue weighted by Crippen LogP contribution is 2.18. The van der Waals surface area contributed by atoms with E-state index in [4.69, 9.17) is 10.3 Å². The molecule has 2 aromatic heterocycles. The van der Waals surface area contributed by atoms with Crippen molar-refractivity contribution in [2.75, 3.05) is 0 Å². The summed E-state index contributed by atoms with van der Waals surface area (Å²) in [5.41, 5.74) is 7.57. The first-order valence-electron chi connectivity index (χ1n) is 5.23. The Morgan fingerprint density at radius 3 is 2.88 bits per heavy atom. The Labute approximate surface area is 93.7 Å². The molecular weight excluding hydrogens is 204 g/mol. The second kappa shape index (κ2) is 4.40. The molecule has 0 bridgehead atoms. The fourth-order valence-corrected chi connectivity index (χ4v) is 1.28. The van der Waals surface area contributed by atoms with E-state index in [-0.39, 0.29) is 6.04 Å². The van der Waals surface area contributed by atoms with Gasteiger partial charge >= 0.3 is 0 Å². The highest BCUT2D eigenvalue weighted by atomic mass is 16.5. The maximum atomic E-state index is 5.81. The predicted molar refractivity (Wildman–Crippen MR) is 59.5 cm³/mol. The minimum Gasteiger partial charge on any atom is -0.334 e. The van der Waals surface area contributed by atoms with Gasteiger partial charge in [-0.05, 0) is 25.5 Å². The monoisotopic (exact) mass is 218 g/mol. The van der Waals surface area contributed by atoms with E-state index in [1.807, 2.05) is 26.0 Å². The van der Waals surface area contributed by atoms with Gasteiger partial charge in [0.2, 0.25) is 0 Å². The van der Waals surface area contributed by atoms with Crippen LogP contribution >= 0.6 is 0 Å². The summed E-state index contributed by atoms with van der Waals surface area (Å²) in [4.78, 5) is 8.41. The van der Waals surface area contributed by atoms with Crippen LogP contribution in [-0.2, 0) is 0 Å². The van der Waals surface area contributed by atoms with Crippen LogP contribution in [0.25, 0.3) is 11.5 Å². The SMILES string of the molecule is CCC(N)c1noc(-c2ccc(C)nc2)n1. The summed E-state index contributed by atoms with van der Waals surface area (Å²) >= 11 is 0. The van der Waals surface area contributed by atoms with E-state index in [0.717, 1.165) is 17.7 Å². The van der Waals surface area contributed by atoms with Crippen LogP contribution < -0.4 is 5.73 Å². The topological polar surface area (TPSA) is 77.8 Å². The smallest absolute Gasteiger partial charge is 0.259 e. The second-order valence-electron chi connectivity index (χ2n) is 3.66. The number of hydrogen-bond donors (Lipinski definition) is 1. The van der Waals surface area contributed by atoms with Gasteiger partial charge in [0.25, 0.3) is 5.89 Å². The van der Waals surface area contributed by atoms with Gasteiger partial charge in [-0.1, -0.05) is 12.1 Å². The number of nitrogens with zero attached hydrogens (tertiary/aromatic N) is 3. The molecule has 84 valence electrons. The van der Waals surface area contributed by atoms with Gasteiger partial charge in [-0.25, -0.2) is 0 Å². The molecule has 0 fully saturated rings. The number of pyridine rings is 1. The molecule has 16 heavy (non-hydrogen) atoms. The summed E-state index contributed by atoms with van der Waals surface area (Å²) in [5, 5.41) is 3.85. The molecule has 0 saturated carbocycles. The molecule has 0 radical (unpaired) electrons. The van der Waals surface area contributed by atoms with Gasteiger partial charge in [-0.3, -0.25) is 4.98 Å². The first-order valence-corrected chi connectivity index (χ1v) is 5.23. The van der Waals surface area contributed by atoms with Crippen molar-refractivity contribution in [3.63, 3.8) is 0 Å². The van der Waals surface area contributed by atoms with Crippen molar-refractivity contribution in [2.45, 2.75) is 26.3 Å².